The Labute approximate surface area is 236 Å². The summed E-state index contributed by atoms with van der Waals surface area (Å²) in [7, 11) is 1.45. The number of likely N-dealkylation sites (tertiary alicyclic amines) is 1. The van der Waals surface area contributed by atoms with E-state index in [1.165, 1.54) is 13.2 Å². The number of ether oxygens (including phenoxy) is 2. The molecule has 12 heteroatoms. The van der Waals surface area contributed by atoms with E-state index in [-0.39, 0.29) is 28.1 Å². The third-order valence-corrected chi connectivity index (χ3v) is 7.51. The SMILES string of the molecule is COc1cc(F)cnc1N1CCN(C(=O)c2cc3c(C4CCN(C(=O)OC(C)(C)C)C4)cc(Cl)c(F)c3[nH]2)CC1. The fraction of sp³-hybridized carbons (Fsp3) is 0.464. The highest BCUT2D eigenvalue weighted by Crippen LogP contribution is 2.37. The molecule has 0 bridgehead atoms. The largest absolute Gasteiger partial charge is 0.493 e. The van der Waals surface area contributed by atoms with Crippen molar-refractivity contribution in [2.75, 3.05) is 51.3 Å². The summed E-state index contributed by atoms with van der Waals surface area (Å²) in [6.45, 7) is 8.07. The Kier molecular flexibility index (Phi) is 7.52. The zero-order chi connectivity index (χ0) is 28.8. The molecule has 40 heavy (non-hydrogen) atoms. The summed E-state index contributed by atoms with van der Waals surface area (Å²) in [5.74, 6) is -0.630. The van der Waals surface area contributed by atoms with Gasteiger partial charge in [-0.1, -0.05) is 11.6 Å². The van der Waals surface area contributed by atoms with Crippen LogP contribution >= 0.6 is 11.6 Å². The molecule has 2 aromatic heterocycles. The number of pyridine rings is 1. The highest BCUT2D eigenvalue weighted by Gasteiger charge is 2.33. The Morgan fingerprint density at radius 2 is 1.80 bits per heavy atom. The third kappa shape index (κ3) is 5.52. The number of aromatic nitrogens is 2. The van der Waals surface area contributed by atoms with Crippen LogP contribution in [0.2, 0.25) is 5.02 Å². The Morgan fingerprint density at radius 3 is 2.48 bits per heavy atom. The minimum atomic E-state index is -0.624. The molecule has 2 fully saturated rings. The average molecular weight is 576 g/mol. The second-order valence-electron chi connectivity index (χ2n) is 11.1. The van der Waals surface area contributed by atoms with Crippen molar-refractivity contribution < 1.29 is 27.8 Å². The van der Waals surface area contributed by atoms with Crippen LogP contribution in [0.4, 0.5) is 19.4 Å². The minimum absolute atomic E-state index is 0.0478. The van der Waals surface area contributed by atoms with Gasteiger partial charge in [-0.15, -0.1) is 0 Å². The first-order chi connectivity index (χ1) is 18.9. The summed E-state index contributed by atoms with van der Waals surface area (Å²) in [5.41, 5.74) is 0.595. The van der Waals surface area contributed by atoms with Gasteiger partial charge in [-0.3, -0.25) is 4.79 Å². The van der Waals surface area contributed by atoms with Crippen LogP contribution in [0.1, 0.15) is 49.2 Å². The molecule has 5 rings (SSSR count). The van der Waals surface area contributed by atoms with E-state index >= 15 is 4.39 Å². The Hall–Kier alpha value is -3.60. The van der Waals surface area contributed by atoms with Gasteiger partial charge >= 0.3 is 6.09 Å². The van der Waals surface area contributed by atoms with Crippen molar-refractivity contribution in [1.29, 1.82) is 0 Å². The molecule has 0 saturated carbocycles. The molecule has 2 amide bonds. The second kappa shape index (κ2) is 10.8. The molecular formula is C28H32ClF2N5O4. The maximum atomic E-state index is 15.1. The van der Waals surface area contributed by atoms with Crippen molar-refractivity contribution in [3.8, 4) is 5.75 Å². The lowest BCUT2D eigenvalue weighted by atomic mass is 9.95. The molecule has 1 atom stereocenters. The molecule has 1 aromatic carbocycles. The number of nitrogens with one attached hydrogen (secondary N) is 1. The summed E-state index contributed by atoms with van der Waals surface area (Å²) >= 11 is 6.26. The van der Waals surface area contributed by atoms with E-state index < -0.39 is 23.3 Å². The summed E-state index contributed by atoms with van der Waals surface area (Å²) in [6.07, 6.45) is 1.40. The van der Waals surface area contributed by atoms with Gasteiger partial charge < -0.3 is 29.2 Å². The predicted octanol–water partition coefficient (Wildman–Crippen LogP) is 5.19. The number of piperazine rings is 1. The lowest BCUT2D eigenvalue weighted by molar-refractivity contribution is 0.0292. The van der Waals surface area contributed by atoms with Crippen molar-refractivity contribution >= 4 is 40.3 Å². The number of amides is 2. The molecule has 1 N–H and O–H groups in total. The van der Waals surface area contributed by atoms with Crippen LogP contribution in [0.3, 0.4) is 0 Å². The number of nitrogens with zero attached hydrogens (tertiary/aromatic N) is 4. The minimum Gasteiger partial charge on any atom is -0.493 e. The molecule has 0 radical (unpaired) electrons. The summed E-state index contributed by atoms with van der Waals surface area (Å²) in [5, 5.41) is 0.522. The fourth-order valence-corrected chi connectivity index (χ4v) is 5.52. The van der Waals surface area contributed by atoms with Gasteiger partial charge in [-0.2, -0.15) is 0 Å². The quantitative estimate of drug-likeness (QED) is 0.460. The first-order valence-corrected chi connectivity index (χ1v) is 13.5. The first kappa shape index (κ1) is 27.9. The van der Waals surface area contributed by atoms with Crippen LogP contribution in [0, 0.1) is 11.6 Å². The van der Waals surface area contributed by atoms with Crippen LogP contribution < -0.4 is 9.64 Å². The Balaban J connectivity index is 1.34. The van der Waals surface area contributed by atoms with Crippen LogP contribution in [0.15, 0.2) is 24.4 Å². The van der Waals surface area contributed by atoms with E-state index in [2.05, 4.69) is 9.97 Å². The van der Waals surface area contributed by atoms with Crippen LogP contribution in [0.5, 0.6) is 5.75 Å². The number of H-pyrrole nitrogens is 1. The monoisotopic (exact) mass is 575 g/mol. The number of halogens is 3. The van der Waals surface area contributed by atoms with Gasteiger partial charge in [0.1, 0.15) is 17.1 Å². The molecular weight excluding hydrogens is 544 g/mol. The zero-order valence-electron chi connectivity index (χ0n) is 22.9. The smallest absolute Gasteiger partial charge is 0.410 e. The molecule has 214 valence electrons. The van der Waals surface area contributed by atoms with Gasteiger partial charge in [0, 0.05) is 56.6 Å². The van der Waals surface area contributed by atoms with Crippen molar-refractivity contribution in [2.45, 2.75) is 38.7 Å². The van der Waals surface area contributed by atoms with Crippen molar-refractivity contribution in [3.05, 3.63) is 52.3 Å². The highest BCUT2D eigenvalue weighted by atomic mass is 35.5. The summed E-state index contributed by atoms with van der Waals surface area (Å²) in [6, 6.07) is 4.53. The number of fused-ring (bicyclic) bond motifs is 1. The third-order valence-electron chi connectivity index (χ3n) is 7.24. The Bertz CT molecular complexity index is 1450. The lowest BCUT2D eigenvalue weighted by Crippen LogP contribution is -2.49. The Morgan fingerprint density at radius 1 is 1.07 bits per heavy atom. The maximum absolute atomic E-state index is 15.1. The van der Waals surface area contributed by atoms with E-state index in [4.69, 9.17) is 21.1 Å². The normalized spacial score (nSPS) is 18.0. The van der Waals surface area contributed by atoms with Gasteiger partial charge in [0.2, 0.25) is 0 Å². The van der Waals surface area contributed by atoms with Crippen LogP contribution in [-0.4, -0.2) is 83.7 Å². The van der Waals surface area contributed by atoms with Gasteiger partial charge in [0.05, 0.1) is 23.8 Å². The van der Waals surface area contributed by atoms with Crippen molar-refractivity contribution in [3.63, 3.8) is 0 Å². The number of rotatable bonds is 4. The summed E-state index contributed by atoms with van der Waals surface area (Å²) in [4.78, 5) is 38.4. The fourth-order valence-electron chi connectivity index (χ4n) is 5.30. The molecule has 2 saturated heterocycles. The average Bonchev–Trinajstić information content (AvgIpc) is 3.58. The topological polar surface area (TPSA) is 91.0 Å². The van der Waals surface area contributed by atoms with E-state index in [1.807, 2.05) is 25.7 Å². The van der Waals surface area contributed by atoms with Crippen molar-refractivity contribution in [1.82, 2.24) is 19.8 Å². The maximum Gasteiger partial charge on any atom is 0.410 e. The van der Waals surface area contributed by atoms with E-state index in [9.17, 15) is 14.0 Å². The number of carbonyl (C=O) groups is 2. The number of benzene rings is 1. The van der Waals surface area contributed by atoms with Gasteiger partial charge in [0.25, 0.3) is 5.91 Å². The van der Waals surface area contributed by atoms with Gasteiger partial charge in [-0.05, 0) is 44.9 Å². The van der Waals surface area contributed by atoms with Gasteiger partial charge in [0.15, 0.2) is 17.4 Å². The standard InChI is InChI=1S/C28H32ClF2N5O4/c1-28(2,3)40-27(38)36-6-5-16(15-36)18-12-20(29)23(31)24-19(18)13-21(33-24)26(37)35-9-7-34(8-10-35)25-22(39-4)11-17(30)14-32-25/h11-14,16,33H,5-10,15H2,1-4H3. The molecule has 9 nitrogen and oxygen atoms in total. The number of aromatic amines is 1. The molecule has 1 unspecified atom stereocenters. The molecule has 2 aliphatic rings. The number of hydrogen-bond donors (Lipinski definition) is 1. The molecule has 0 aliphatic carbocycles. The number of anilines is 1. The molecule has 3 aromatic rings. The predicted molar refractivity (Wildman–Crippen MR) is 147 cm³/mol. The zero-order valence-corrected chi connectivity index (χ0v) is 23.6. The van der Waals surface area contributed by atoms with Crippen molar-refractivity contribution in [2.24, 2.45) is 0 Å². The van der Waals surface area contributed by atoms with Crippen LogP contribution in [0.25, 0.3) is 10.9 Å². The first-order valence-electron chi connectivity index (χ1n) is 13.2. The number of methoxy groups -OCH3 is 1. The summed E-state index contributed by atoms with van der Waals surface area (Å²) < 4.78 is 39.4. The second-order valence-corrected chi connectivity index (χ2v) is 11.5. The highest BCUT2D eigenvalue weighted by molar-refractivity contribution is 6.31. The van der Waals surface area contributed by atoms with E-state index in [1.54, 1.807) is 21.9 Å². The van der Waals surface area contributed by atoms with E-state index in [0.29, 0.717) is 62.6 Å². The van der Waals surface area contributed by atoms with Crippen LogP contribution in [-0.2, 0) is 4.74 Å². The lowest BCUT2D eigenvalue weighted by Gasteiger charge is -2.35. The number of carbonyl (C=O) groups excluding carboxylic acids is 2. The molecule has 4 heterocycles. The molecule has 0 spiro atoms. The number of hydrogen-bond acceptors (Lipinski definition) is 6. The van der Waals surface area contributed by atoms with Gasteiger partial charge in [-0.25, -0.2) is 18.6 Å². The molecule has 2 aliphatic heterocycles. The van der Waals surface area contributed by atoms with E-state index in [0.717, 1.165) is 11.8 Å².